The van der Waals surface area contributed by atoms with Gasteiger partial charge in [0.2, 0.25) is 5.95 Å². The van der Waals surface area contributed by atoms with Crippen molar-refractivity contribution in [1.29, 1.82) is 0 Å². The average molecular weight is 474 g/mol. The van der Waals surface area contributed by atoms with Crippen molar-refractivity contribution in [2.45, 2.75) is 39.2 Å². The Morgan fingerprint density at radius 3 is 2.89 bits per heavy atom. The zero-order chi connectivity index (χ0) is 24.2. The second-order valence-electron chi connectivity index (χ2n) is 9.37. The Balaban J connectivity index is 1.41. The lowest BCUT2D eigenvalue weighted by molar-refractivity contribution is 0.0953. The molecule has 1 aliphatic rings. The molecule has 1 aliphatic heterocycles. The first-order valence-corrected chi connectivity index (χ1v) is 12.2. The second kappa shape index (κ2) is 10.3. The van der Waals surface area contributed by atoms with Crippen molar-refractivity contribution in [1.82, 2.24) is 30.8 Å². The molecule has 0 aliphatic carbocycles. The number of nitrogens with one attached hydrogen (secondary N) is 4. The van der Waals surface area contributed by atoms with E-state index >= 15 is 0 Å². The summed E-state index contributed by atoms with van der Waals surface area (Å²) in [6.07, 6.45) is 6.50. The number of hydrogen-bond donors (Lipinski definition) is 4. The summed E-state index contributed by atoms with van der Waals surface area (Å²) in [5.41, 5.74) is 2.78. The second-order valence-corrected chi connectivity index (χ2v) is 9.37. The van der Waals surface area contributed by atoms with Gasteiger partial charge in [-0.25, -0.2) is 9.97 Å². The summed E-state index contributed by atoms with van der Waals surface area (Å²) in [6, 6.07) is 9.61. The molecule has 0 unspecified atom stereocenters. The molecule has 182 valence electrons. The van der Waals surface area contributed by atoms with Crippen molar-refractivity contribution in [2.24, 2.45) is 5.92 Å². The first-order chi connectivity index (χ1) is 17.1. The highest BCUT2D eigenvalue weighted by molar-refractivity contribution is 6.07. The van der Waals surface area contributed by atoms with E-state index in [1.165, 1.54) is 0 Å². The fraction of sp³-hybridized carbons (Fsp3) is 0.385. The van der Waals surface area contributed by atoms with Gasteiger partial charge in [-0.2, -0.15) is 5.10 Å². The van der Waals surface area contributed by atoms with Crippen LogP contribution in [0.4, 0.5) is 11.6 Å². The maximum atomic E-state index is 12.9. The number of ether oxygens (including phenoxy) is 1. The Morgan fingerprint density at radius 1 is 1.20 bits per heavy atom. The van der Waals surface area contributed by atoms with E-state index in [0.29, 0.717) is 29.7 Å². The van der Waals surface area contributed by atoms with E-state index in [9.17, 15) is 4.79 Å². The zero-order valence-electron chi connectivity index (χ0n) is 20.1. The highest BCUT2D eigenvalue weighted by Gasteiger charge is 2.17. The maximum absolute atomic E-state index is 12.9. The Kier molecular flexibility index (Phi) is 6.76. The smallest absolute Gasteiger partial charge is 0.252 e. The number of carbonyl (C=O) groups is 1. The molecule has 4 aromatic rings. The average Bonchev–Trinajstić information content (AvgIpc) is 3.33. The first-order valence-electron chi connectivity index (χ1n) is 12.2. The molecule has 0 spiro atoms. The molecule has 0 saturated carbocycles. The first kappa shape index (κ1) is 23.0. The highest BCUT2D eigenvalue weighted by atomic mass is 16.5. The molecule has 1 fully saturated rings. The van der Waals surface area contributed by atoms with Crippen LogP contribution in [0, 0.1) is 5.92 Å². The van der Waals surface area contributed by atoms with Gasteiger partial charge in [-0.3, -0.25) is 9.89 Å². The summed E-state index contributed by atoms with van der Waals surface area (Å²) < 4.78 is 6.30. The summed E-state index contributed by atoms with van der Waals surface area (Å²) in [7, 11) is 0. The third-order valence-electron chi connectivity index (χ3n) is 6.22. The van der Waals surface area contributed by atoms with Gasteiger partial charge in [0.25, 0.3) is 5.91 Å². The minimum absolute atomic E-state index is 0.127. The van der Waals surface area contributed by atoms with Gasteiger partial charge in [0.1, 0.15) is 17.4 Å². The Bertz CT molecular complexity index is 1330. The molecule has 5 rings (SSSR count). The number of fused-ring (bicyclic) bond motifs is 2. The molecule has 2 aromatic heterocycles. The van der Waals surface area contributed by atoms with Crippen LogP contribution in [0.5, 0.6) is 5.75 Å². The predicted molar refractivity (Wildman–Crippen MR) is 137 cm³/mol. The van der Waals surface area contributed by atoms with Gasteiger partial charge in [0, 0.05) is 29.2 Å². The van der Waals surface area contributed by atoms with Crippen molar-refractivity contribution in [3.63, 3.8) is 0 Å². The molecule has 0 atom stereocenters. The highest BCUT2D eigenvalue weighted by Crippen LogP contribution is 2.28. The molecular weight excluding hydrogens is 442 g/mol. The molecule has 9 nitrogen and oxygen atoms in total. The van der Waals surface area contributed by atoms with Crippen molar-refractivity contribution in [2.75, 3.05) is 25.0 Å². The number of H-pyrrole nitrogens is 1. The lowest BCUT2D eigenvalue weighted by Gasteiger charge is -2.24. The third-order valence-corrected chi connectivity index (χ3v) is 6.22. The number of para-hydroxylation sites is 1. The van der Waals surface area contributed by atoms with E-state index in [2.05, 4.69) is 45.0 Å². The summed E-state index contributed by atoms with van der Waals surface area (Å²) in [6.45, 7) is 6.82. The van der Waals surface area contributed by atoms with Crippen molar-refractivity contribution >= 4 is 39.3 Å². The summed E-state index contributed by atoms with van der Waals surface area (Å²) in [4.78, 5) is 22.2. The summed E-state index contributed by atoms with van der Waals surface area (Å²) in [5, 5.41) is 18.4. The third kappa shape index (κ3) is 5.35. The van der Waals surface area contributed by atoms with Crippen LogP contribution >= 0.6 is 0 Å². The minimum atomic E-state index is -0.127. The number of amides is 1. The van der Waals surface area contributed by atoms with Crippen LogP contribution in [0.2, 0.25) is 0 Å². The normalized spacial score (nSPS) is 14.5. The molecule has 0 radical (unpaired) electrons. The molecule has 3 heterocycles. The Hall–Kier alpha value is -3.72. The topological polar surface area (TPSA) is 117 Å². The summed E-state index contributed by atoms with van der Waals surface area (Å²) in [5.74, 6) is 1.58. The Labute approximate surface area is 204 Å². The monoisotopic (exact) mass is 473 g/mol. The van der Waals surface area contributed by atoms with Gasteiger partial charge in [-0.15, -0.1) is 0 Å². The van der Waals surface area contributed by atoms with Gasteiger partial charge < -0.3 is 20.7 Å². The maximum Gasteiger partial charge on any atom is 0.252 e. The Morgan fingerprint density at radius 2 is 2.06 bits per heavy atom. The zero-order valence-corrected chi connectivity index (χ0v) is 20.1. The van der Waals surface area contributed by atoms with E-state index in [0.717, 1.165) is 59.9 Å². The summed E-state index contributed by atoms with van der Waals surface area (Å²) >= 11 is 0. The van der Waals surface area contributed by atoms with Crippen LogP contribution in [0.15, 0.2) is 42.7 Å². The van der Waals surface area contributed by atoms with Gasteiger partial charge in [0.15, 0.2) is 0 Å². The van der Waals surface area contributed by atoms with E-state index in [4.69, 9.17) is 9.72 Å². The molecule has 9 heteroatoms. The van der Waals surface area contributed by atoms with Crippen LogP contribution in [-0.4, -0.2) is 51.8 Å². The molecule has 1 saturated heterocycles. The SMILES string of the molecule is CC(C)CCNC(=O)c1cc(Nc2ncc3cccc(OC4CCNCC4)c3n2)cc2[nH]ncc12. The van der Waals surface area contributed by atoms with Crippen LogP contribution in [0.25, 0.3) is 21.8 Å². The number of piperidine rings is 1. The van der Waals surface area contributed by atoms with E-state index < -0.39 is 0 Å². The lowest BCUT2D eigenvalue weighted by atomic mass is 10.1. The lowest BCUT2D eigenvalue weighted by Crippen LogP contribution is -2.34. The largest absolute Gasteiger partial charge is 0.488 e. The number of aromatic nitrogens is 4. The van der Waals surface area contributed by atoms with Gasteiger partial charge in [-0.05, 0) is 56.5 Å². The van der Waals surface area contributed by atoms with Gasteiger partial charge >= 0.3 is 0 Å². The molecule has 1 amide bonds. The number of anilines is 2. The van der Waals surface area contributed by atoms with E-state index in [1.54, 1.807) is 12.4 Å². The van der Waals surface area contributed by atoms with Gasteiger partial charge in [0.05, 0.1) is 17.3 Å². The van der Waals surface area contributed by atoms with Crippen molar-refractivity contribution in [3.8, 4) is 5.75 Å². The predicted octanol–water partition coefficient (Wildman–Crippen LogP) is 4.16. The number of aromatic amines is 1. The molecule has 0 bridgehead atoms. The van der Waals surface area contributed by atoms with Crippen molar-refractivity contribution in [3.05, 3.63) is 48.3 Å². The minimum Gasteiger partial charge on any atom is -0.488 e. The van der Waals surface area contributed by atoms with Crippen LogP contribution in [-0.2, 0) is 0 Å². The fourth-order valence-corrected chi connectivity index (χ4v) is 4.29. The fourth-order valence-electron chi connectivity index (χ4n) is 4.29. The van der Waals surface area contributed by atoms with Crippen LogP contribution < -0.4 is 20.7 Å². The van der Waals surface area contributed by atoms with Crippen LogP contribution in [0.3, 0.4) is 0 Å². The van der Waals surface area contributed by atoms with Gasteiger partial charge in [-0.1, -0.05) is 26.0 Å². The van der Waals surface area contributed by atoms with E-state index in [1.807, 2.05) is 30.3 Å². The number of nitrogens with zero attached hydrogens (tertiary/aromatic N) is 3. The number of benzene rings is 2. The molecular formula is C26H31N7O2. The molecule has 35 heavy (non-hydrogen) atoms. The molecule has 4 N–H and O–H groups in total. The quantitative estimate of drug-likeness (QED) is 0.304. The number of carbonyl (C=O) groups excluding carboxylic acids is 1. The standard InChI is InChI=1S/C26H31N7O2/c1-16(2)6-11-28-25(34)20-12-18(13-22-21(20)15-30-33-22)31-26-29-14-17-4-3-5-23(24(17)32-26)35-19-7-9-27-10-8-19/h3-5,12-16,19,27H,6-11H2,1-2H3,(H,28,34)(H,30,33)(H,29,31,32). The van der Waals surface area contributed by atoms with Crippen molar-refractivity contribution < 1.29 is 9.53 Å². The number of hydrogen-bond acceptors (Lipinski definition) is 7. The molecule has 2 aromatic carbocycles. The van der Waals surface area contributed by atoms with Crippen LogP contribution in [0.1, 0.15) is 43.5 Å². The van der Waals surface area contributed by atoms with E-state index in [-0.39, 0.29) is 12.0 Å². The number of rotatable bonds is 8.